The molecule has 30 heavy (non-hydrogen) atoms. The number of rotatable bonds is 6. The molecule has 1 aromatic carbocycles. The van der Waals surface area contributed by atoms with Gasteiger partial charge in [0.1, 0.15) is 17.2 Å². The van der Waals surface area contributed by atoms with Crippen LogP contribution in [0.15, 0.2) is 28.8 Å². The lowest BCUT2D eigenvalue weighted by molar-refractivity contribution is -0.274. The quantitative estimate of drug-likeness (QED) is 0.527. The van der Waals surface area contributed by atoms with Gasteiger partial charge >= 0.3 is 6.36 Å². The summed E-state index contributed by atoms with van der Waals surface area (Å²) in [5, 5.41) is 4.16. The monoisotopic (exact) mass is 421 g/mol. The number of alkyl halides is 3. The van der Waals surface area contributed by atoms with Gasteiger partial charge in [-0.2, -0.15) is 0 Å². The zero-order valence-electron chi connectivity index (χ0n) is 16.8. The van der Waals surface area contributed by atoms with Gasteiger partial charge in [0.2, 0.25) is 0 Å². The van der Waals surface area contributed by atoms with Gasteiger partial charge in [0.15, 0.2) is 0 Å². The summed E-state index contributed by atoms with van der Waals surface area (Å²) >= 11 is 0. The van der Waals surface area contributed by atoms with E-state index in [4.69, 9.17) is 9.26 Å². The number of hydrogen-bond donors (Lipinski definition) is 0. The third-order valence-electron chi connectivity index (χ3n) is 6.84. The average Bonchev–Trinajstić information content (AvgIpc) is 3.46. The van der Waals surface area contributed by atoms with Crippen molar-refractivity contribution in [3.05, 3.63) is 35.6 Å². The minimum absolute atomic E-state index is 0.191. The Morgan fingerprint density at radius 3 is 2.53 bits per heavy atom. The fraction of sp³-hybridized carbons (Fsp3) is 0.609. The first kappa shape index (κ1) is 19.9. The molecule has 0 bridgehead atoms. The molecular formula is C23H26F3NO3. The summed E-state index contributed by atoms with van der Waals surface area (Å²) in [6, 6.07) is 6.09. The number of hydrogen-bond acceptors (Lipinski definition) is 4. The Hall–Kier alpha value is -2.02. The molecule has 3 aliphatic rings. The normalized spacial score (nSPS) is 26.6. The summed E-state index contributed by atoms with van der Waals surface area (Å²) < 4.78 is 54.9. The van der Waals surface area contributed by atoms with Gasteiger partial charge in [-0.05, 0) is 62.5 Å². The molecule has 0 radical (unpaired) electrons. The predicted molar refractivity (Wildman–Crippen MR) is 104 cm³/mol. The molecule has 0 spiro atoms. The molecule has 1 aromatic heterocycles. The van der Waals surface area contributed by atoms with E-state index in [0.717, 1.165) is 48.8 Å². The minimum atomic E-state index is -4.77. The van der Waals surface area contributed by atoms with Gasteiger partial charge in [0.25, 0.3) is 0 Å². The van der Waals surface area contributed by atoms with Crippen LogP contribution in [0, 0.1) is 11.8 Å². The van der Waals surface area contributed by atoms with Crippen LogP contribution in [0.3, 0.4) is 0 Å². The van der Waals surface area contributed by atoms with E-state index in [1.165, 1.54) is 37.8 Å². The zero-order chi connectivity index (χ0) is 20.7. The highest BCUT2D eigenvalue weighted by Crippen LogP contribution is 2.47. The second-order valence-electron chi connectivity index (χ2n) is 8.89. The van der Waals surface area contributed by atoms with Crippen molar-refractivity contribution >= 4 is 0 Å². The topological polar surface area (TPSA) is 44.5 Å². The van der Waals surface area contributed by atoms with Crippen molar-refractivity contribution in [2.24, 2.45) is 11.8 Å². The third kappa shape index (κ3) is 4.22. The van der Waals surface area contributed by atoms with Gasteiger partial charge in [-0.3, -0.25) is 0 Å². The van der Waals surface area contributed by atoms with Crippen LogP contribution >= 0.6 is 0 Å². The Kier molecular flexibility index (Phi) is 5.25. The fourth-order valence-electron chi connectivity index (χ4n) is 4.96. The van der Waals surface area contributed by atoms with Crippen LogP contribution in [0.25, 0.3) is 11.3 Å². The maximum Gasteiger partial charge on any atom is 0.573 e. The molecule has 4 nitrogen and oxygen atoms in total. The Labute approximate surface area is 173 Å². The summed E-state index contributed by atoms with van der Waals surface area (Å²) in [7, 11) is 0. The highest BCUT2D eigenvalue weighted by molar-refractivity contribution is 5.70. The Morgan fingerprint density at radius 2 is 1.80 bits per heavy atom. The van der Waals surface area contributed by atoms with Gasteiger partial charge in [-0.25, -0.2) is 0 Å². The lowest BCUT2D eigenvalue weighted by atomic mass is 9.71. The van der Waals surface area contributed by atoms with Crippen molar-refractivity contribution in [3.63, 3.8) is 0 Å². The number of nitrogens with zero attached hydrogens (tertiary/aromatic N) is 1. The second kappa shape index (κ2) is 7.91. The van der Waals surface area contributed by atoms with Gasteiger partial charge in [0.05, 0.1) is 12.7 Å². The summed E-state index contributed by atoms with van der Waals surface area (Å²) in [5.74, 6) is 2.39. The molecule has 0 aliphatic heterocycles. The van der Waals surface area contributed by atoms with Gasteiger partial charge in [0, 0.05) is 17.0 Å². The molecule has 0 saturated heterocycles. The Morgan fingerprint density at radius 1 is 1.00 bits per heavy atom. The molecule has 3 fully saturated rings. The first-order chi connectivity index (χ1) is 14.5. The van der Waals surface area contributed by atoms with Crippen LogP contribution < -0.4 is 4.74 Å². The number of benzene rings is 1. The molecule has 7 heteroatoms. The summed E-state index contributed by atoms with van der Waals surface area (Å²) in [4.78, 5) is 0. The standard InChI is InChI=1S/C23H26F3NO3/c24-23(25,26)29-20-7-2-1-6-18(20)21-19(22(30-27-21)15-9-10-15)13-28-17-5-3-4-14-8-11-16(14)12-17/h1-2,6-7,14-17H,3-5,8-13H2. The highest BCUT2D eigenvalue weighted by Gasteiger charge is 2.37. The molecule has 0 amide bonds. The second-order valence-corrected chi connectivity index (χ2v) is 8.89. The molecular weight excluding hydrogens is 395 g/mol. The highest BCUT2D eigenvalue weighted by atomic mass is 19.4. The number of aromatic nitrogens is 1. The molecule has 3 saturated carbocycles. The van der Waals surface area contributed by atoms with Crippen LogP contribution in [-0.2, 0) is 11.3 Å². The van der Waals surface area contributed by atoms with Crippen LogP contribution in [0.5, 0.6) is 5.75 Å². The molecule has 3 unspecified atom stereocenters. The molecule has 5 rings (SSSR count). The van der Waals surface area contributed by atoms with E-state index >= 15 is 0 Å². The van der Waals surface area contributed by atoms with E-state index in [9.17, 15) is 13.2 Å². The summed E-state index contributed by atoms with van der Waals surface area (Å²) in [5.41, 5.74) is 1.45. The Bertz CT molecular complexity index is 890. The van der Waals surface area contributed by atoms with Gasteiger partial charge in [-0.15, -0.1) is 13.2 Å². The molecule has 3 atom stereocenters. The van der Waals surface area contributed by atoms with Crippen LogP contribution in [-0.4, -0.2) is 17.6 Å². The lowest BCUT2D eigenvalue weighted by Gasteiger charge is -2.36. The first-order valence-corrected chi connectivity index (χ1v) is 10.9. The average molecular weight is 421 g/mol. The van der Waals surface area contributed by atoms with Crippen LogP contribution in [0.1, 0.15) is 68.6 Å². The number of ether oxygens (including phenoxy) is 2. The summed E-state index contributed by atoms with van der Waals surface area (Å²) in [6.45, 7) is 0.313. The van der Waals surface area contributed by atoms with Crippen molar-refractivity contribution in [2.45, 2.75) is 76.4 Å². The van der Waals surface area contributed by atoms with Gasteiger partial charge < -0.3 is 14.0 Å². The van der Waals surface area contributed by atoms with Crippen molar-refractivity contribution in [2.75, 3.05) is 0 Å². The molecule has 162 valence electrons. The number of halogens is 3. The van der Waals surface area contributed by atoms with Crippen molar-refractivity contribution in [1.82, 2.24) is 5.16 Å². The molecule has 3 aliphatic carbocycles. The third-order valence-corrected chi connectivity index (χ3v) is 6.84. The largest absolute Gasteiger partial charge is 0.573 e. The number of fused-ring (bicyclic) bond motifs is 1. The molecule has 2 aromatic rings. The van der Waals surface area contributed by atoms with E-state index < -0.39 is 6.36 Å². The predicted octanol–water partition coefficient (Wildman–Crippen LogP) is 6.60. The Balaban J connectivity index is 1.39. The van der Waals surface area contributed by atoms with Crippen LogP contribution in [0.2, 0.25) is 0 Å². The minimum Gasteiger partial charge on any atom is -0.405 e. The maximum absolute atomic E-state index is 12.9. The van der Waals surface area contributed by atoms with Crippen molar-refractivity contribution < 1.29 is 27.2 Å². The fourth-order valence-corrected chi connectivity index (χ4v) is 4.96. The van der Waals surface area contributed by atoms with E-state index in [1.54, 1.807) is 12.1 Å². The summed E-state index contributed by atoms with van der Waals surface area (Å²) in [6.07, 6.45) is 4.67. The molecule has 0 N–H and O–H groups in total. The van der Waals surface area contributed by atoms with Crippen molar-refractivity contribution in [3.8, 4) is 17.0 Å². The SMILES string of the molecule is FC(F)(F)Oc1ccccc1-c1noc(C2CC2)c1COC1CCCC2CCC2C1. The number of para-hydroxylation sites is 1. The van der Waals surface area contributed by atoms with Crippen molar-refractivity contribution in [1.29, 1.82) is 0 Å². The van der Waals surface area contributed by atoms with E-state index in [2.05, 4.69) is 9.89 Å². The first-order valence-electron chi connectivity index (χ1n) is 10.9. The van der Waals surface area contributed by atoms with E-state index in [-0.39, 0.29) is 23.3 Å². The van der Waals surface area contributed by atoms with Crippen LogP contribution in [0.4, 0.5) is 13.2 Å². The lowest BCUT2D eigenvalue weighted by Crippen LogP contribution is -2.27. The molecule has 1 heterocycles. The smallest absolute Gasteiger partial charge is 0.405 e. The van der Waals surface area contributed by atoms with Gasteiger partial charge in [-0.1, -0.05) is 30.1 Å². The zero-order valence-corrected chi connectivity index (χ0v) is 16.8. The van der Waals surface area contributed by atoms with E-state index in [1.807, 2.05) is 0 Å². The van der Waals surface area contributed by atoms with E-state index in [0.29, 0.717) is 12.3 Å². The maximum atomic E-state index is 12.9.